The Morgan fingerprint density at radius 2 is 1.62 bits per heavy atom. The van der Waals surface area contributed by atoms with Crippen LogP contribution in [-0.4, -0.2) is 72.0 Å². The third-order valence-electron chi connectivity index (χ3n) is 6.14. The van der Waals surface area contributed by atoms with Gasteiger partial charge in [0.1, 0.15) is 11.4 Å². The van der Waals surface area contributed by atoms with Gasteiger partial charge in [-0.1, -0.05) is 26.0 Å². The van der Waals surface area contributed by atoms with Gasteiger partial charge in [-0.2, -0.15) is 4.98 Å². The fourth-order valence-electron chi connectivity index (χ4n) is 4.14. The van der Waals surface area contributed by atoms with Gasteiger partial charge in [0.2, 0.25) is 5.88 Å². The van der Waals surface area contributed by atoms with Gasteiger partial charge < -0.3 is 19.3 Å². The molecule has 1 saturated heterocycles. The van der Waals surface area contributed by atoms with Crippen LogP contribution in [0.2, 0.25) is 0 Å². The van der Waals surface area contributed by atoms with Crippen molar-refractivity contribution >= 4 is 33.4 Å². The average molecular weight is 483 g/mol. The Morgan fingerprint density at radius 1 is 1.00 bits per heavy atom. The van der Waals surface area contributed by atoms with E-state index in [2.05, 4.69) is 23.8 Å². The van der Waals surface area contributed by atoms with Crippen molar-refractivity contribution in [2.45, 2.75) is 33.3 Å². The number of methoxy groups -OCH3 is 2. The molecular weight excluding hydrogens is 452 g/mol. The molecule has 0 N–H and O–H groups in total. The van der Waals surface area contributed by atoms with Crippen LogP contribution in [0, 0.1) is 6.92 Å². The minimum Gasteiger partial charge on any atom is -0.480 e. The van der Waals surface area contributed by atoms with Crippen molar-refractivity contribution in [2.24, 2.45) is 0 Å². The molecule has 34 heavy (non-hydrogen) atoms. The van der Waals surface area contributed by atoms with E-state index in [9.17, 15) is 9.59 Å². The molecule has 0 aliphatic carbocycles. The number of nitrogens with zero attached hydrogens (tertiary/aromatic N) is 4. The summed E-state index contributed by atoms with van der Waals surface area (Å²) in [7, 11) is 3.14. The molecule has 1 aliphatic heterocycles. The van der Waals surface area contributed by atoms with Crippen molar-refractivity contribution in [1.82, 2.24) is 19.8 Å². The lowest BCUT2D eigenvalue weighted by Gasteiger charge is -2.34. The number of aryl methyl sites for hydroxylation is 1. The van der Waals surface area contributed by atoms with Crippen LogP contribution in [0.3, 0.4) is 0 Å². The van der Waals surface area contributed by atoms with E-state index >= 15 is 0 Å². The van der Waals surface area contributed by atoms with Gasteiger partial charge in [0.05, 0.1) is 17.4 Å². The Morgan fingerprint density at radius 3 is 2.18 bits per heavy atom. The number of thiophene rings is 1. The van der Waals surface area contributed by atoms with Gasteiger partial charge in [0.25, 0.3) is 11.8 Å². The van der Waals surface area contributed by atoms with E-state index in [0.29, 0.717) is 59.1 Å². The van der Waals surface area contributed by atoms with Crippen molar-refractivity contribution in [3.8, 4) is 5.88 Å². The smallest absolute Gasteiger partial charge is 0.264 e. The molecule has 9 heteroatoms. The molecule has 0 spiro atoms. The molecule has 180 valence electrons. The van der Waals surface area contributed by atoms with Gasteiger partial charge in [-0.05, 0) is 36.1 Å². The molecule has 1 aromatic carbocycles. The quantitative estimate of drug-likeness (QED) is 0.530. The van der Waals surface area contributed by atoms with E-state index in [0.717, 1.165) is 10.9 Å². The van der Waals surface area contributed by atoms with Crippen LogP contribution in [0.4, 0.5) is 0 Å². The number of hydrogen-bond donors (Lipinski definition) is 0. The first-order valence-corrected chi connectivity index (χ1v) is 12.2. The Kier molecular flexibility index (Phi) is 7.13. The fourth-order valence-corrected chi connectivity index (χ4v) is 5.30. The lowest BCUT2D eigenvalue weighted by molar-refractivity contribution is 0.0537. The molecule has 3 aromatic rings. The van der Waals surface area contributed by atoms with Crippen LogP contribution in [0.5, 0.6) is 5.88 Å². The summed E-state index contributed by atoms with van der Waals surface area (Å²) in [5.41, 5.74) is 2.71. The number of rotatable bonds is 6. The predicted molar refractivity (Wildman–Crippen MR) is 132 cm³/mol. The number of hydrogen-bond acceptors (Lipinski definition) is 7. The maximum absolute atomic E-state index is 13.4. The zero-order chi connectivity index (χ0) is 24.4. The van der Waals surface area contributed by atoms with Crippen LogP contribution >= 0.6 is 11.3 Å². The second kappa shape index (κ2) is 10.1. The van der Waals surface area contributed by atoms with E-state index in [1.54, 1.807) is 19.1 Å². The first-order chi connectivity index (χ1) is 16.3. The number of amides is 2. The molecule has 2 amide bonds. The number of ether oxygens (including phenoxy) is 2. The SMILES string of the molecule is COCc1nc(OC)c2c(C)c(C(=O)N3CCN(C(=O)c4ccc(C(C)C)cc4)CC3)sc2n1. The summed E-state index contributed by atoms with van der Waals surface area (Å²) in [6.45, 7) is 8.40. The third kappa shape index (κ3) is 4.63. The molecule has 0 saturated carbocycles. The van der Waals surface area contributed by atoms with Gasteiger partial charge in [0.15, 0.2) is 5.82 Å². The summed E-state index contributed by atoms with van der Waals surface area (Å²) >= 11 is 1.34. The zero-order valence-corrected chi connectivity index (χ0v) is 21.1. The maximum Gasteiger partial charge on any atom is 0.264 e. The summed E-state index contributed by atoms with van der Waals surface area (Å²) in [6.07, 6.45) is 0. The Bertz CT molecular complexity index is 1200. The molecule has 0 atom stereocenters. The van der Waals surface area contributed by atoms with E-state index in [4.69, 9.17) is 9.47 Å². The van der Waals surface area contributed by atoms with E-state index in [1.165, 1.54) is 16.9 Å². The number of carbonyl (C=O) groups is 2. The maximum atomic E-state index is 13.4. The van der Waals surface area contributed by atoms with Crippen LogP contribution < -0.4 is 4.74 Å². The van der Waals surface area contributed by atoms with Crippen LogP contribution in [0.1, 0.15) is 56.7 Å². The minimum atomic E-state index is -0.0516. The zero-order valence-electron chi connectivity index (χ0n) is 20.3. The number of aromatic nitrogens is 2. The lowest BCUT2D eigenvalue weighted by atomic mass is 10.0. The molecule has 1 aliphatic rings. The summed E-state index contributed by atoms with van der Waals surface area (Å²) in [4.78, 5) is 40.2. The summed E-state index contributed by atoms with van der Waals surface area (Å²) in [5, 5.41) is 0.759. The molecular formula is C25H30N4O4S. The van der Waals surface area contributed by atoms with Gasteiger partial charge in [-0.25, -0.2) is 4.98 Å². The molecule has 0 unspecified atom stereocenters. The highest BCUT2D eigenvalue weighted by Gasteiger charge is 2.29. The standard InChI is InChI=1S/C25H30N4O4S/c1-15(2)17-6-8-18(9-7-17)24(30)28-10-12-29(13-11-28)25(31)21-16(3)20-22(33-5)26-19(14-32-4)27-23(20)34-21/h6-9,15H,10-14H2,1-5H3. The molecule has 8 nitrogen and oxygen atoms in total. The van der Waals surface area contributed by atoms with Crippen molar-refractivity contribution in [3.63, 3.8) is 0 Å². The molecule has 0 radical (unpaired) electrons. The van der Waals surface area contributed by atoms with Gasteiger partial charge in [-0.15, -0.1) is 11.3 Å². The molecule has 4 rings (SSSR count). The van der Waals surface area contributed by atoms with Crippen molar-refractivity contribution in [2.75, 3.05) is 40.4 Å². The normalized spacial score (nSPS) is 14.2. The monoisotopic (exact) mass is 482 g/mol. The first-order valence-electron chi connectivity index (χ1n) is 11.4. The van der Waals surface area contributed by atoms with Gasteiger partial charge in [-0.3, -0.25) is 9.59 Å². The Balaban J connectivity index is 1.48. The van der Waals surface area contributed by atoms with Crippen molar-refractivity contribution in [1.29, 1.82) is 0 Å². The van der Waals surface area contributed by atoms with Crippen LogP contribution in [0.25, 0.3) is 10.2 Å². The van der Waals surface area contributed by atoms with E-state index in [-0.39, 0.29) is 18.4 Å². The van der Waals surface area contributed by atoms with Gasteiger partial charge >= 0.3 is 0 Å². The van der Waals surface area contributed by atoms with Gasteiger partial charge in [0, 0.05) is 38.9 Å². The largest absolute Gasteiger partial charge is 0.480 e. The first kappa shape index (κ1) is 24.1. The predicted octanol–water partition coefficient (Wildman–Crippen LogP) is 3.88. The highest BCUT2D eigenvalue weighted by atomic mass is 32.1. The average Bonchev–Trinajstić information content (AvgIpc) is 3.19. The van der Waals surface area contributed by atoms with Crippen molar-refractivity contribution < 1.29 is 19.1 Å². The Hall–Kier alpha value is -3.04. The second-order valence-electron chi connectivity index (χ2n) is 8.68. The number of carbonyl (C=O) groups excluding carboxylic acids is 2. The number of benzene rings is 1. The number of piperazine rings is 1. The van der Waals surface area contributed by atoms with E-state index in [1.807, 2.05) is 36.1 Å². The highest BCUT2D eigenvalue weighted by Crippen LogP contribution is 2.36. The molecule has 3 heterocycles. The second-order valence-corrected chi connectivity index (χ2v) is 9.68. The topological polar surface area (TPSA) is 84.9 Å². The fraction of sp³-hybridized carbons (Fsp3) is 0.440. The molecule has 0 bridgehead atoms. The highest BCUT2D eigenvalue weighted by molar-refractivity contribution is 7.20. The van der Waals surface area contributed by atoms with Crippen molar-refractivity contribution in [3.05, 3.63) is 51.7 Å². The molecule has 1 fully saturated rings. The lowest BCUT2D eigenvalue weighted by Crippen LogP contribution is -2.50. The number of fused-ring (bicyclic) bond motifs is 1. The summed E-state index contributed by atoms with van der Waals surface area (Å²) in [6, 6.07) is 7.80. The van der Waals surface area contributed by atoms with E-state index < -0.39 is 0 Å². The van der Waals surface area contributed by atoms with Crippen LogP contribution in [-0.2, 0) is 11.3 Å². The summed E-state index contributed by atoms with van der Waals surface area (Å²) in [5.74, 6) is 1.34. The Labute approximate surface area is 203 Å². The third-order valence-corrected chi connectivity index (χ3v) is 7.32. The minimum absolute atomic E-state index is 0.00568. The summed E-state index contributed by atoms with van der Waals surface area (Å²) < 4.78 is 10.6. The molecule has 2 aromatic heterocycles. The van der Waals surface area contributed by atoms with Crippen LogP contribution in [0.15, 0.2) is 24.3 Å².